The van der Waals surface area contributed by atoms with E-state index in [9.17, 15) is 5.11 Å². The Morgan fingerprint density at radius 2 is 1.96 bits per heavy atom. The molecule has 27 heavy (non-hydrogen) atoms. The summed E-state index contributed by atoms with van der Waals surface area (Å²) >= 11 is 0. The Hall–Kier alpha value is -2.71. The normalized spacial score (nSPS) is 13.6. The lowest BCUT2D eigenvalue weighted by Crippen LogP contribution is -2.21. The fourth-order valence-electron chi connectivity index (χ4n) is 3.26. The summed E-state index contributed by atoms with van der Waals surface area (Å²) in [5.41, 5.74) is 8.45. The third kappa shape index (κ3) is 4.17. The highest BCUT2D eigenvalue weighted by Crippen LogP contribution is 2.27. The second-order valence-corrected chi connectivity index (χ2v) is 6.60. The van der Waals surface area contributed by atoms with Gasteiger partial charge in [-0.3, -0.25) is 0 Å². The van der Waals surface area contributed by atoms with Gasteiger partial charge in [-0.15, -0.1) is 0 Å². The van der Waals surface area contributed by atoms with Crippen LogP contribution in [-0.2, 0) is 11.3 Å². The molecule has 2 unspecified atom stereocenters. The van der Waals surface area contributed by atoms with Crippen LogP contribution in [0.4, 0.5) is 11.8 Å². The van der Waals surface area contributed by atoms with Crippen LogP contribution in [0.25, 0.3) is 11.2 Å². The van der Waals surface area contributed by atoms with Gasteiger partial charge in [0, 0.05) is 19.7 Å². The Kier molecular flexibility index (Phi) is 5.88. The summed E-state index contributed by atoms with van der Waals surface area (Å²) < 4.78 is 7.32. The highest BCUT2D eigenvalue weighted by Gasteiger charge is 2.21. The molecular formula is C19H26N6O2. The van der Waals surface area contributed by atoms with E-state index in [0.29, 0.717) is 29.9 Å². The van der Waals surface area contributed by atoms with Crippen molar-refractivity contribution in [2.45, 2.75) is 39.0 Å². The number of anilines is 2. The summed E-state index contributed by atoms with van der Waals surface area (Å²) in [5.74, 6) is 1.62. The Morgan fingerprint density at radius 1 is 1.22 bits per heavy atom. The van der Waals surface area contributed by atoms with Gasteiger partial charge in [-0.1, -0.05) is 30.3 Å². The van der Waals surface area contributed by atoms with Gasteiger partial charge >= 0.3 is 0 Å². The summed E-state index contributed by atoms with van der Waals surface area (Å²) in [6.07, 6.45) is 0.391. The molecule has 0 aliphatic heterocycles. The first-order valence-electron chi connectivity index (χ1n) is 8.97. The van der Waals surface area contributed by atoms with Crippen LogP contribution in [-0.4, -0.2) is 44.4 Å². The molecule has 8 heteroatoms. The number of aliphatic hydroxyl groups is 1. The summed E-state index contributed by atoms with van der Waals surface area (Å²) in [6, 6.07) is 10.1. The SMILES string of the molecule is COC(CO)CC(C)n1c(C)nc2c(NCc3ccccc3)nc(N)nc21. The predicted molar refractivity (Wildman–Crippen MR) is 105 cm³/mol. The number of hydrogen-bond donors (Lipinski definition) is 3. The number of methoxy groups -OCH3 is 1. The van der Waals surface area contributed by atoms with Crippen molar-refractivity contribution in [3.63, 3.8) is 0 Å². The number of aromatic nitrogens is 4. The minimum atomic E-state index is -0.244. The fourth-order valence-corrected chi connectivity index (χ4v) is 3.26. The van der Waals surface area contributed by atoms with Gasteiger partial charge in [-0.05, 0) is 25.8 Å². The maximum Gasteiger partial charge on any atom is 0.224 e. The standard InChI is InChI=1S/C19H26N6O2/c1-12(9-15(11-26)27-3)25-13(2)22-16-17(23-19(20)24-18(16)25)21-10-14-7-5-4-6-8-14/h4-8,12,15,26H,9-11H2,1-3H3,(H3,20,21,23,24). The fraction of sp³-hybridized carbons (Fsp3) is 0.421. The number of aryl methyl sites for hydroxylation is 1. The average Bonchev–Trinajstić information content (AvgIpc) is 3.00. The van der Waals surface area contributed by atoms with E-state index in [1.807, 2.05) is 48.7 Å². The minimum Gasteiger partial charge on any atom is -0.394 e. The van der Waals surface area contributed by atoms with E-state index in [0.717, 1.165) is 11.4 Å². The van der Waals surface area contributed by atoms with E-state index in [1.54, 1.807) is 7.11 Å². The number of nitrogen functional groups attached to an aromatic ring is 1. The molecule has 2 atom stereocenters. The first kappa shape index (κ1) is 19.1. The first-order valence-corrected chi connectivity index (χ1v) is 8.97. The Morgan fingerprint density at radius 3 is 2.63 bits per heavy atom. The predicted octanol–water partition coefficient (Wildman–Crippen LogP) is 2.29. The molecular weight excluding hydrogens is 344 g/mol. The van der Waals surface area contributed by atoms with Crippen molar-refractivity contribution in [2.75, 3.05) is 24.8 Å². The van der Waals surface area contributed by atoms with Crippen molar-refractivity contribution < 1.29 is 9.84 Å². The molecule has 2 aromatic heterocycles. The second-order valence-electron chi connectivity index (χ2n) is 6.60. The van der Waals surface area contributed by atoms with Gasteiger partial charge in [0.05, 0.1) is 12.7 Å². The van der Waals surface area contributed by atoms with Crippen LogP contribution >= 0.6 is 0 Å². The maximum absolute atomic E-state index is 9.42. The number of aliphatic hydroxyl groups excluding tert-OH is 1. The molecule has 0 fully saturated rings. The second kappa shape index (κ2) is 8.32. The number of fused-ring (bicyclic) bond motifs is 1. The molecule has 2 heterocycles. The molecule has 4 N–H and O–H groups in total. The van der Waals surface area contributed by atoms with Crippen molar-refractivity contribution in [3.8, 4) is 0 Å². The number of nitrogens with two attached hydrogens (primary N) is 1. The van der Waals surface area contributed by atoms with E-state index in [2.05, 4.69) is 20.3 Å². The van der Waals surface area contributed by atoms with Crippen LogP contribution in [0.3, 0.4) is 0 Å². The van der Waals surface area contributed by atoms with Gasteiger partial charge in [0.1, 0.15) is 5.82 Å². The lowest BCUT2D eigenvalue weighted by atomic mass is 10.1. The number of imidazole rings is 1. The zero-order valence-electron chi connectivity index (χ0n) is 15.9. The lowest BCUT2D eigenvalue weighted by Gasteiger charge is -2.20. The van der Waals surface area contributed by atoms with Crippen molar-refractivity contribution in [1.82, 2.24) is 19.5 Å². The van der Waals surface area contributed by atoms with E-state index in [4.69, 9.17) is 10.5 Å². The lowest BCUT2D eigenvalue weighted by molar-refractivity contribution is 0.0347. The molecule has 1 aromatic carbocycles. The minimum absolute atomic E-state index is 0.0309. The van der Waals surface area contributed by atoms with E-state index in [-0.39, 0.29) is 24.7 Å². The molecule has 144 valence electrons. The van der Waals surface area contributed by atoms with E-state index >= 15 is 0 Å². The number of benzene rings is 1. The molecule has 3 rings (SSSR count). The number of nitrogens with zero attached hydrogens (tertiary/aromatic N) is 4. The highest BCUT2D eigenvalue weighted by molar-refractivity contribution is 5.84. The zero-order chi connectivity index (χ0) is 19.4. The zero-order valence-corrected chi connectivity index (χ0v) is 15.9. The molecule has 0 spiro atoms. The van der Waals surface area contributed by atoms with Gasteiger partial charge in [0.25, 0.3) is 0 Å². The molecule has 0 aliphatic carbocycles. The Bertz CT molecular complexity index is 892. The number of ether oxygens (including phenoxy) is 1. The summed E-state index contributed by atoms with van der Waals surface area (Å²) in [6.45, 7) is 4.55. The number of nitrogens with one attached hydrogen (secondary N) is 1. The van der Waals surface area contributed by atoms with E-state index < -0.39 is 0 Å². The Balaban J connectivity index is 1.93. The molecule has 0 radical (unpaired) electrons. The maximum atomic E-state index is 9.42. The number of hydrogen-bond acceptors (Lipinski definition) is 7. The topological polar surface area (TPSA) is 111 Å². The van der Waals surface area contributed by atoms with E-state index in [1.165, 1.54) is 0 Å². The molecule has 0 amide bonds. The third-order valence-electron chi connectivity index (χ3n) is 4.62. The molecule has 0 saturated heterocycles. The van der Waals surface area contributed by atoms with Crippen LogP contribution in [0, 0.1) is 6.92 Å². The molecule has 3 aromatic rings. The molecule has 8 nitrogen and oxygen atoms in total. The summed E-state index contributed by atoms with van der Waals surface area (Å²) in [5, 5.41) is 12.7. The summed E-state index contributed by atoms with van der Waals surface area (Å²) in [7, 11) is 1.60. The Labute approximate surface area is 158 Å². The van der Waals surface area contributed by atoms with Crippen molar-refractivity contribution >= 4 is 22.9 Å². The summed E-state index contributed by atoms with van der Waals surface area (Å²) in [4.78, 5) is 13.4. The van der Waals surface area contributed by atoms with Crippen molar-refractivity contribution in [3.05, 3.63) is 41.7 Å². The van der Waals surface area contributed by atoms with Gasteiger partial charge in [-0.25, -0.2) is 4.98 Å². The van der Waals surface area contributed by atoms with Crippen LogP contribution in [0.2, 0.25) is 0 Å². The first-order chi connectivity index (χ1) is 13.0. The highest BCUT2D eigenvalue weighted by atomic mass is 16.5. The quantitative estimate of drug-likeness (QED) is 0.558. The van der Waals surface area contributed by atoms with Crippen LogP contribution in [0.5, 0.6) is 0 Å². The van der Waals surface area contributed by atoms with Gasteiger partial charge in [-0.2, -0.15) is 9.97 Å². The smallest absolute Gasteiger partial charge is 0.224 e. The van der Waals surface area contributed by atoms with Crippen molar-refractivity contribution in [1.29, 1.82) is 0 Å². The average molecular weight is 370 g/mol. The van der Waals surface area contributed by atoms with Gasteiger partial charge in [0.15, 0.2) is 17.0 Å². The monoisotopic (exact) mass is 370 g/mol. The molecule has 0 bridgehead atoms. The molecule has 0 saturated carbocycles. The van der Waals surface area contributed by atoms with Gasteiger partial charge < -0.3 is 25.5 Å². The van der Waals surface area contributed by atoms with Gasteiger partial charge in [0.2, 0.25) is 5.95 Å². The largest absolute Gasteiger partial charge is 0.394 e. The van der Waals surface area contributed by atoms with Crippen LogP contribution < -0.4 is 11.1 Å². The van der Waals surface area contributed by atoms with Crippen LogP contribution in [0.15, 0.2) is 30.3 Å². The van der Waals surface area contributed by atoms with Crippen LogP contribution in [0.1, 0.15) is 30.8 Å². The third-order valence-corrected chi connectivity index (χ3v) is 4.62. The van der Waals surface area contributed by atoms with Crippen molar-refractivity contribution in [2.24, 2.45) is 0 Å². The number of rotatable bonds is 8. The molecule has 0 aliphatic rings.